The van der Waals surface area contributed by atoms with Crippen molar-refractivity contribution in [3.05, 3.63) is 0 Å². The van der Waals surface area contributed by atoms with E-state index in [2.05, 4.69) is 4.74 Å². The molecule has 0 bridgehead atoms. The number of carbonyl (C=O) groups excluding carboxylic acids is 1. The molecule has 0 spiro atoms. The van der Waals surface area contributed by atoms with Gasteiger partial charge in [0.25, 0.3) is 0 Å². The van der Waals surface area contributed by atoms with Gasteiger partial charge in [-0.3, -0.25) is 4.79 Å². The summed E-state index contributed by atoms with van der Waals surface area (Å²) in [5.74, 6) is -0.348. The summed E-state index contributed by atoms with van der Waals surface area (Å²) in [7, 11) is 0. The van der Waals surface area contributed by atoms with E-state index < -0.39 is 11.1 Å². The van der Waals surface area contributed by atoms with Gasteiger partial charge in [-0.2, -0.15) is 0 Å². The molecule has 0 aliphatic rings. The standard InChI is InChI=1S/C8H16O4S/c1-3-4-8(13(10)11)5-6-12-7(2)9/h8H,3-6H2,1-2H3,(H,10,11). The molecule has 0 aromatic rings. The van der Waals surface area contributed by atoms with E-state index in [1.807, 2.05) is 6.92 Å². The predicted octanol–water partition coefficient (Wildman–Crippen LogP) is 1.33. The number of ether oxygens (including phenoxy) is 1. The average molecular weight is 208 g/mol. The first-order valence-electron chi connectivity index (χ1n) is 4.31. The van der Waals surface area contributed by atoms with Crippen molar-refractivity contribution in [2.45, 2.75) is 38.4 Å². The molecule has 0 saturated carbocycles. The summed E-state index contributed by atoms with van der Waals surface area (Å²) < 4.78 is 24.3. The molecule has 0 amide bonds. The molecule has 0 fully saturated rings. The third-order valence-corrected chi connectivity index (χ3v) is 2.68. The van der Waals surface area contributed by atoms with E-state index in [4.69, 9.17) is 4.55 Å². The zero-order valence-corrected chi connectivity index (χ0v) is 8.80. The Labute approximate surface area is 80.9 Å². The topological polar surface area (TPSA) is 63.6 Å². The van der Waals surface area contributed by atoms with Crippen LogP contribution >= 0.6 is 0 Å². The molecule has 0 saturated heterocycles. The molecule has 0 aliphatic carbocycles. The maximum atomic E-state index is 10.7. The van der Waals surface area contributed by atoms with Crippen molar-refractivity contribution < 1.29 is 18.3 Å². The van der Waals surface area contributed by atoms with E-state index >= 15 is 0 Å². The highest BCUT2D eigenvalue weighted by Gasteiger charge is 2.13. The van der Waals surface area contributed by atoms with Crippen LogP contribution in [0, 0.1) is 0 Å². The Hall–Kier alpha value is -0.420. The van der Waals surface area contributed by atoms with Crippen LogP contribution in [-0.4, -0.2) is 26.6 Å². The van der Waals surface area contributed by atoms with Crippen molar-refractivity contribution in [1.82, 2.24) is 0 Å². The molecule has 4 nitrogen and oxygen atoms in total. The Morgan fingerprint density at radius 3 is 2.54 bits per heavy atom. The second-order valence-electron chi connectivity index (χ2n) is 2.82. The van der Waals surface area contributed by atoms with Crippen LogP contribution in [0.5, 0.6) is 0 Å². The minimum Gasteiger partial charge on any atom is -0.466 e. The van der Waals surface area contributed by atoms with Crippen molar-refractivity contribution in [3.63, 3.8) is 0 Å². The highest BCUT2D eigenvalue weighted by atomic mass is 32.2. The van der Waals surface area contributed by atoms with Gasteiger partial charge in [-0.1, -0.05) is 13.3 Å². The summed E-state index contributed by atoms with van der Waals surface area (Å²) in [5, 5.41) is -0.274. The van der Waals surface area contributed by atoms with Crippen LogP contribution < -0.4 is 0 Å². The van der Waals surface area contributed by atoms with Gasteiger partial charge in [-0.05, 0) is 12.8 Å². The normalized spacial score (nSPS) is 15.0. The van der Waals surface area contributed by atoms with Crippen LogP contribution in [0.4, 0.5) is 0 Å². The Morgan fingerprint density at radius 2 is 2.15 bits per heavy atom. The molecule has 1 N–H and O–H groups in total. The molecule has 0 heterocycles. The van der Waals surface area contributed by atoms with Gasteiger partial charge >= 0.3 is 5.97 Å². The zero-order chi connectivity index (χ0) is 10.3. The fourth-order valence-electron chi connectivity index (χ4n) is 1.00. The predicted molar refractivity (Wildman–Crippen MR) is 50.7 cm³/mol. The van der Waals surface area contributed by atoms with Crippen molar-refractivity contribution in [1.29, 1.82) is 0 Å². The van der Waals surface area contributed by atoms with Crippen LogP contribution in [0.1, 0.15) is 33.1 Å². The van der Waals surface area contributed by atoms with Gasteiger partial charge in [0.05, 0.1) is 11.9 Å². The summed E-state index contributed by atoms with van der Waals surface area (Å²) in [6.07, 6.45) is 2.00. The van der Waals surface area contributed by atoms with Crippen LogP contribution in [-0.2, 0) is 20.6 Å². The number of carbonyl (C=O) groups is 1. The lowest BCUT2D eigenvalue weighted by Gasteiger charge is -2.10. The zero-order valence-electron chi connectivity index (χ0n) is 7.99. The summed E-state index contributed by atoms with van der Waals surface area (Å²) >= 11 is -1.81. The van der Waals surface area contributed by atoms with Gasteiger partial charge in [0.15, 0.2) is 11.1 Å². The molecule has 78 valence electrons. The average Bonchev–Trinajstić information content (AvgIpc) is 2.02. The van der Waals surface area contributed by atoms with Crippen LogP contribution in [0.2, 0.25) is 0 Å². The lowest BCUT2D eigenvalue weighted by Crippen LogP contribution is -2.17. The van der Waals surface area contributed by atoms with E-state index in [9.17, 15) is 9.00 Å². The van der Waals surface area contributed by atoms with Gasteiger partial charge in [-0.15, -0.1) is 0 Å². The highest BCUT2D eigenvalue weighted by molar-refractivity contribution is 7.79. The molecular formula is C8H16O4S. The lowest BCUT2D eigenvalue weighted by atomic mass is 10.2. The van der Waals surface area contributed by atoms with Crippen molar-refractivity contribution in [3.8, 4) is 0 Å². The molecule has 0 radical (unpaired) electrons. The maximum Gasteiger partial charge on any atom is 0.302 e. The minimum absolute atomic E-state index is 0.228. The molecule has 2 unspecified atom stereocenters. The van der Waals surface area contributed by atoms with E-state index in [1.54, 1.807) is 0 Å². The van der Waals surface area contributed by atoms with Crippen LogP contribution in [0.3, 0.4) is 0 Å². The Morgan fingerprint density at radius 1 is 1.54 bits per heavy atom. The minimum atomic E-state index is -1.81. The SMILES string of the molecule is CCCC(CCOC(C)=O)S(=O)O. The first-order valence-corrected chi connectivity index (χ1v) is 5.48. The van der Waals surface area contributed by atoms with E-state index in [-0.39, 0.29) is 17.8 Å². The monoisotopic (exact) mass is 208 g/mol. The summed E-state index contributed by atoms with van der Waals surface area (Å²) in [6, 6.07) is 0. The Balaban J connectivity index is 3.69. The van der Waals surface area contributed by atoms with Crippen molar-refractivity contribution in [2.24, 2.45) is 0 Å². The third kappa shape index (κ3) is 6.72. The Kier molecular flexibility index (Phi) is 6.80. The molecule has 0 rings (SSSR count). The van der Waals surface area contributed by atoms with Crippen LogP contribution in [0.25, 0.3) is 0 Å². The van der Waals surface area contributed by atoms with Gasteiger partial charge in [-0.25, -0.2) is 4.21 Å². The molecule has 5 heteroatoms. The summed E-state index contributed by atoms with van der Waals surface area (Å²) in [4.78, 5) is 10.4. The number of rotatable bonds is 6. The first-order chi connectivity index (χ1) is 6.07. The molecule has 13 heavy (non-hydrogen) atoms. The van der Waals surface area contributed by atoms with Gasteiger partial charge in [0.2, 0.25) is 0 Å². The quantitative estimate of drug-likeness (QED) is 0.528. The van der Waals surface area contributed by atoms with Crippen LogP contribution in [0.15, 0.2) is 0 Å². The molecule has 0 aromatic carbocycles. The largest absolute Gasteiger partial charge is 0.466 e. The number of hydrogen-bond acceptors (Lipinski definition) is 3. The fraction of sp³-hybridized carbons (Fsp3) is 0.875. The molecule has 2 atom stereocenters. The van der Waals surface area contributed by atoms with Gasteiger partial charge in [0, 0.05) is 6.92 Å². The lowest BCUT2D eigenvalue weighted by molar-refractivity contribution is -0.141. The summed E-state index contributed by atoms with van der Waals surface area (Å²) in [5.41, 5.74) is 0. The molecular weight excluding hydrogens is 192 g/mol. The number of esters is 1. The van der Waals surface area contributed by atoms with Crippen molar-refractivity contribution >= 4 is 17.0 Å². The Bertz CT molecular complexity index is 181. The van der Waals surface area contributed by atoms with Crippen molar-refractivity contribution in [2.75, 3.05) is 6.61 Å². The molecule has 0 aliphatic heterocycles. The van der Waals surface area contributed by atoms with E-state index in [1.165, 1.54) is 6.92 Å². The highest BCUT2D eigenvalue weighted by Crippen LogP contribution is 2.08. The van der Waals surface area contributed by atoms with Gasteiger partial charge in [0.1, 0.15) is 0 Å². The second-order valence-corrected chi connectivity index (χ2v) is 4.03. The summed E-state index contributed by atoms with van der Waals surface area (Å²) in [6.45, 7) is 3.50. The maximum absolute atomic E-state index is 10.7. The number of hydrogen-bond donors (Lipinski definition) is 1. The smallest absolute Gasteiger partial charge is 0.302 e. The van der Waals surface area contributed by atoms with E-state index in [0.717, 1.165) is 6.42 Å². The fourth-order valence-corrected chi connectivity index (χ4v) is 1.74. The second kappa shape index (κ2) is 7.03. The third-order valence-electron chi connectivity index (χ3n) is 1.64. The first kappa shape index (κ1) is 12.6. The van der Waals surface area contributed by atoms with Gasteiger partial charge < -0.3 is 9.29 Å². The van der Waals surface area contributed by atoms with E-state index in [0.29, 0.717) is 12.8 Å². The molecule has 0 aromatic heterocycles.